The maximum atomic E-state index is 12.3. The minimum absolute atomic E-state index is 0.209. The number of amides is 1. The lowest BCUT2D eigenvalue weighted by molar-refractivity contribution is 0.102. The molecule has 0 radical (unpaired) electrons. The first-order valence-corrected chi connectivity index (χ1v) is 7.30. The number of nitriles is 1. The van der Waals surface area contributed by atoms with Crippen LogP contribution in [0.4, 0.5) is 5.69 Å². The molecular weight excluding hydrogens is 330 g/mol. The molecule has 0 bridgehead atoms. The van der Waals surface area contributed by atoms with Crippen molar-refractivity contribution in [3.63, 3.8) is 0 Å². The Labute approximate surface area is 130 Å². The lowest BCUT2D eigenvalue weighted by Gasteiger charge is -2.08. The van der Waals surface area contributed by atoms with Crippen LogP contribution in [0.25, 0.3) is 0 Å². The number of hydrogen-bond donors (Lipinski definition) is 2. The molecule has 3 rings (SSSR count). The normalized spacial score (nSPS) is 12.6. The van der Waals surface area contributed by atoms with E-state index in [0.29, 0.717) is 16.8 Å². The Morgan fingerprint density at radius 3 is 2.81 bits per heavy atom. The smallest absolute Gasteiger partial charge is 0.255 e. The van der Waals surface area contributed by atoms with Gasteiger partial charge in [0.1, 0.15) is 6.07 Å². The van der Waals surface area contributed by atoms with Crippen molar-refractivity contribution in [1.82, 2.24) is 5.32 Å². The summed E-state index contributed by atoms with van der Waals surface area (Å²) in [7, 11) is 0. The Bertz CT molecular complexity index is 765. The van der Waals surface area contributed by atoms with E-state index in [9.17, 15) is 4.79 Å². The number of anilines is 1. The van der Waals surface area contributed by atoms with Gasteiger partial charge in [0.05, 0.1) is 11.3 Å². The molecule has 1 aliphatic heterocycles. The Balaban J connectivity index is 1.87. The predicted molar refractivity (Wildman–Crippen MR) is 83.8 cm³/mol. The highest BCUT2D eigenvalue weighted by atomic mass is 79.9. The van der Waals surface area contributed by atoms with E-state index in [1.54, 1.807) is 18.2 Å². The molecule has 5 heteroatoms. The number of nitrogens with one attached hydrogen (secondary N) is 2. The van der Waals surface area contributed by atoms with Gasteiger partial charge in [-0.2, -0.15) is 5.26 Å². The van der Waals surface area contributed by atoms with Crippen molar-refractivity contribution in [2.24, 2.45) is 0 Å². The molecule has 4 nitrogen and oxygen atoms in total. The SMILES string of the molecule is N#Cc1ccc(Br)cc1NC(=O)c1ccc2c(c1)CNC2. The van der Waals surface area contributed by atoms with Crippen LogP contribution in [-0.2, 0) is 13.1 Å². The van der Waals surface area contributed by atoms with Gasteiger partial charge in [0, 0.05) is 23.1 Å². The van der Waals surface area contributed by atoms with E-state index in [0.717, 1.165) is 23.1 Å². The van der Waals surface area contributed by atoms with E-state index in [4.69, 9.17) is 5.26 Å². The summed E-state index contributed by atoms with van der Waals surface area (Å²) < 4.78 is 0.815. The van der Waals surface area contributed by atoms with Crippen LogP contribution < -0.4 is 10.6 Å². The van der Waals surface area contributed by atoms with E-state index in [1.165, 1.54) is 5.56 Å². The fourth-order valence-corrected chi connectivity index (χ4v) is 2.71. The van der Waals surface area contributed by atoms with Crippen molar-refractivity contribution < 1.29 is 4.79 Å². The lowest BCUT2D eigenvalue weighted by atomic mass is 10.1. The summed E-state index contributed by atoms with van der Waals surface area (Å²) in [5.41, 5.74) is 3.93. The third-order valence-corrected chi connectivity index (χ3v) is 3.94. The second-order valence-electron chi connectivity index (χ2n) is 4.84. The zero-order chi connectivity index (χ0) is 14.8. The highest BCUT2D eigenvalue weighted by Gasteiger charge is 2.14. The number of hydrogen-bond acceptors (Lipinski definition) is 3. The fraction of sp³-hybridized carbons (Fsp3) is 0.125. The maximum Gasteiger partial charge on any atom is 0.255 e. The number of nitrogens with zero attached hydrogens (tertiary/aromatic N) is 1. The Morgan fingerprint density at radius 1 is 1.19 bits per heavy atom. The Kier molecular flexibility index (Phi) is 3.74. The molecule has 1 heterocycles. The molecule has 2 N–H and O–H groups in total. The van der Waals surface area contributed by atoms with Crippen molar-refractivity contribution in [3.05, 3.63) is 63.1 Å². The van der Waals surface area contributed by atoms with E-state index in [2.05, 4.69) is 32.6 Å². The maximum absolute atomic E-state index is 12.3. The summed E-state index contributed by atoms with van der Waals surface area (Å²) in [5.74, 6) is -0.209. The van der Waals surface area contributed by atoms with E-state index >= 15 is 0 Å². The largest absolute Gasteiger partial charge is 0.321 e. The van der Waals surface area contributed by atoms with Gasteiger partial charge in [0.15, 0.2) is 0 Å². The molecule has 0 saturated carbocycles. The van der Waals surface area contributed by atoms with E-state index in [1.807, 2.05) is 18.2 Å². The first-order valence-electron chi connectivity index (χ1n) is 6.51. The van der Waals surface area contributed by atoms with Crippen LogP contribution >= 0.6 is 15.9 Å². The van der Waals surface area contributed by atoms with Crippen LogP contribution in [0.2, 0.25) is 0 Å². The van der Waals surface area contributed by atoms with Crippen LogP contribution in [0.15, 0.2) is 40.9 Å². The first-order chi connectivity index (χ1) is 10.2. The number of fused-ring (bicyclic) bond motifs is 1. The quantitative estimate of drug-likeness (QED) is 0.881. The van der Waals surface area contributed by atoms with Crippen LogP contribution in [0.1, 0.15) is 27.0 Å². The molecule has 0 aliphatic carbocycles. The molecule has 104 valence electrons. The third-order valence-electron chi connectivity index (χ3n) is 3.45. The topological polar surface area (TPSA) is 64.9 Å². The van der Waals surface area contributed by atoms with Gasteiger partial charge in [-0.05, 0) is 41.5 Å². The van der Waals surface area contributed by atoms with E-state index in [-0.39, 0.29) is 5.91 Å². The number of halogens is 1. The van der Waals surface area contributed by atoms with Gasteiger partial charge in [-0.25, -0.2) is 0 Å². The minimum Gasteiger partial charge on any atom is -0.321 e. The monoisotopic (exact) mass is 341 g/mol. The summed E-state index contributed by atoms with van der Waals surface area (Å²) in [4.78, 5) is 12.3. The second-order valence-corrected chi connectivity index (χ2v) is 5.76. The second kappa shape index (κ2) is 5.68. The number of rotatable bonds is 2. The van der Waals surface area contributed by atoms with Gasteiger partial charge in [0.2, 0.25) is 0 Å². The fourth-order valence-electron chi connectivity index (χ4n) is 2.35. The molecule has 2 aromatic rings. The van der Waals surface area contributed by atoms with Crippen LogP contribution in [0.3, 0.4) is 0 Å². The summed E-state index contributed by atoms with van der Waals surface area (Å²) in [6, 6.07) is 12.9. The van der Waals surface area contributed by atoms with Crippen LogP contribution in [0, 0.1) is 11.3 Å². The van der Waals surface area contributed by atoms with Crippen molar-refractivity contribution in [2.45, 2.75) is 13.1 Å². The zero-order valence-corrected chi connectivity index (χ0v) is 12.7. The molecule has 0 saturated heterocycles. The van der Waals surface area contributed by atoms with Crippen molar-refractivity contribution in [1.29, 1.82) is 5.26 Å². The average Bonchev–Trinajstić information content (AvgIpc) is 2.94. The molecule has 0 aromatic heterocycles. The van der Waals surface area contributed by atoms with Crippen molar-refractivity contribution >= 4 is 27.5 Å². The van der Waals surface area contributed by atoms with Crippen molar-refractivity contribution in [2.75, 3.05) is 5.32 Å². The summed E-state index contributed by atoms with van der Waals surface area (Å²) in [5, 5.41) is 15.1. The minimum atomic E-state index is -0.209. The summed E-state index contributed by atoms with van der Waals surface area (Å²) in [6.07, 6.45) is 0. The highest BCUT2D eigenvalue weighted by molar-refractivity contribution is 9.10. The van der Waals surface area contributed by atoms with Crippen LogP contribution in [-0.4, -0.2) is 5.91 Å². The molecular formula is C16H12BrN3O. The number of carbonyl (C=O) groups is 1. The molecule has 1 amide bonds. The molecule has 0 spiro atoms. The van der Waals surface area contributed by atoms with Gasteiger partial charge in [-0.3, -0.25) is 4.79 Å². The average molecular weight is 342 g/mol. The summed E-state index contributed by atoms with van der Waals surface area (Å²) in [6.45, 7) is 1.64. The zero-order valence-electron chi connectivity index (χ0n) is 11.1. The predicted octanol–water partition coefficient (Wildman–Crippen LogP) is 3.18. The molecule has 0 atom stereocenters. The Hall–Kier alpha value is -2.16. The molecule has 21 heavy (non-hydrogen) atoms. The summed E-state index contributed by atoms with van der Waals surface area (Å²) >= 11 is 3.34. The number of carbonyl (C=O) groups excluding carboxylic acids is 1. The van der Waals surface area contributed by atoms with Gasteiger partial charge in [-0.1, -0.05) is 22.0 Å². The molecule has 0 unspecified atom stereocenters. The first kappa shape index (κ1) is 13.8. The molecule has 2 aromatic carbocycles. The van der Waals surface area contributed by atoms with Gasteiger partial charge >= 0.3 is 0 Å². The standard InChI is InChI=1S/C16H12BrN3O/c17-14-4-3-11(7-18)15(6-14)20-16(21)10-1-2-12-8-19-9-13(12)5-10/h1-6,19H,8-9H2,(H,20,21). The van der Waals surface area contributed by atoms with E-state index < -0.39 is 0 Å². The molecule has 1 aliphatic rings. The van der Waals surface area contributed by atoms with Gasteiger partial charge in [0.25, 0.3) is 5.91 Å². The lowest BCUT2D eigenvalue weighted by Crippen LogP contribution is -2.13. The van der Waals surface area contributed by atoms with Gasteiger partial charge in [-0.15, -0.1) is 0 Å². The number of benzene rings is 2. The van der Waals surface area contributed by atoms with Crippen molar-refractivity contribution in [3.8, 4) is 6.07 Å². The third kappa shape index (κ3) is 2.82. The van der Waals surface area contributed by atoms with Crippen LogP contribution in [0.5, 0.6) is 0 Å². The van der Waals surface area contributed by atoms with Gasteiger partial charge < -0.3 is 10.6 Å². The highest BCUT2D eigenvalue weighted by Crippen LogP contribution is 2.22. The Morgan fingerprint density at radius 2 is 2.00 bits per heavy atom. The molecule has 0 fully saturated rings.